The minimum Gasteiger partial charge on any atom is -0.487 e. The molecular formula is C25H21NO2. The van der Waals surface area contributed by atoms with Gasteiger partial charge in [-0.3, -0.25) is 0 Å². The highest BCUT2D eigenvalue weighted by atomic mass is 16.5. The molecule has 0 radical (unpaired) electrons. The van der Waals surface area contributed by atoms with Crippen LogP contribution in [-0.4, -0.2) is 12.1 Å². The molecule has 0 atom stereocenters. The van der Waals surface area contributed by atoms with Crippen LogP contribution in [0.2, 0.25) is 0 Å². The number of methoxy groups -OCH3 is 1. The van der Waals surface area contributed by atoms with Crippen LogP contribution in [0.15, 0.2) is 84.9 Å². The summed E-state index contributed by atoms with van der Waals surface area (Å²) in [7, 11) is 1.62. The second-order valence-corrected chi connectivity index (χ2v) is 6.42. The summed E-state index contributed by atoms with van der Waals surface area (Å²) in [5.41, 5.74) is 4.15. The first-order valence-electron chi connectivity index (χ1n) is 9.21. The Morgan fingerprint density at radius 2 is 1.54 bits per heavy atom. The minimum atomic E-state index is 0.494. The molecule has 1 heterocycles. The third-order valence-corrected chi connectivity index (χ3v) is 4.53. The number of pyridine rings is 1. The van der Waals surface area contributed by atoms with Crippen LogP contribution in [0.5, 0.6) is 11.6 Å². The Morgan fingerprint density at radius 3 is 2.29 bits per heavy atom. The summed E-state index contributed by atoms with van der Waals surface area (Å²) in [5.74, 6) is 1.32. The second-order valence-electron chi connectivity index (χ2n) is 6.42. The Balaban J connectivity index is 1.69. The van der Waals surface area contributed by atoms with Crippen LogP contribution >= 0.6 is 0 Å². The van der Waals surface area contributed by atoms with Gasteiger partial charge in [0.2, 0.25) is 5.88 Å². The fraction of sp³-hybridized carbons (Fsp3) is 0.0800. The Labute approximate surface area is 164 Å². The third kappa shape index (κ3) is 4.04. The van der Waals surface area contributed by atoms with E-state index in [1.165, 1.54) is 0 Å². The van der Waals surface area contributed by atoms with E-state index in [4.69, 9.17) is 9.47 Å². The zero-order valence-electron chi connectivity index (χ0n) is 15.7. The van der Waals surface area contributed by atoms with Crippen LogP contribution in [-0.2, 0) is 6.61 Å². The molecule has 138 valence electrons. The number of benzene rings is 3. The molecule has 28 heavy (non-hydrogen) atoms. The van der Waals surface area contributed by atoms with Gasteiger partial charge in [0.05, 0.1) is 7.11 Å². The number of aromatic nitrogens is 1. The molecule has 0 saturated carbocycles. The predicted molar refractivity (Wildman–Crippen MR) is 114 cm³/mol. The molecular weight excluding hydrogens is 346 g/mol. The molecule has 0 aliphatic rings. The van der Waals surface area contributed by atoms with E-state index >= 15 is 0 Å². The SMILES string of the molecule is COc1ccc2c(/C=C/c3ccccc3)ccc(OCc3ccccc3)c2n1. The van der Waals surface area contributed by atoms with Gasteiger partial charge >= 0.3 is 0 Å². The van der Waals surface area contributed by atoms with Gasteiger partial charge in [-0.1, -0.05) is 78.9 Å². The van der Waals surface area contributed by atoms with Crippen LogP contribution in [0, 0.1) is 0 Å². The maximum atomic E-state index is 6.08. The number of ether oxygens (including phenoxy) is 2. The number of hydrogen-bond acceptors (Lipinski definition) is 3. The summed E-state index contributed by atoms with van der Waals surface area (Å²) in [6, 6.07) is 28.3. The zero-order chi connectivity index (χ0) is 19.2. The minimum absolute atomic E-state index is 0.494. The molecule has 3 aromatic carbocycles. The maximum absolute atomic E-state index is 6.08. The number of nitrogens with zero attached hydrogens (tertiary/aromatic N) is 1. The maximum Gasteiger partial charge on any atom is 0.213 e. The summed E-state index contributed by atoms with van der Waals surface area (Å²) in [6.07, 6.45) is 4.20. The van der Waals surface area contributed by atoms with Gasteiger partial charge in [0.25, 0.3) is 0 Å². The Kier molecular flexibility index (Phi) is 5.34. The lowest BCUT2D eigenvalue weighted by Crippen LogP contribution is -1.98. The molecule has 3 heteroatoms. The average Bonchev–Trinajstić information content (AvgIpc) is 2.77. The third-order valence-electron chi connectivity index (χ3n) is 4.53. The van der Waals surface area contributed by atoms with Gasteiger partial charge in [-0.15, -0.1) is 0 Å². The highest BCUT2D eigenvalue weighted by Crippen LogP contribution is 2.30. The summed E-state index contributed by atoms with van der Waals surface area (Å²) in [4.78, 5) is 4.64. The monoisotopic (exact) mass is 367 g/mol. The van der Waals surface area contributed by atoms with Crippen molar-refractivity contribution in [2.45, 2.75) is 6.61 Å². The fourth-order valence-electron chi connectivity index (χ4n) is 3.06. The van der Waals surface area contributed by atoms with Crippen molar-refractivity contribution in [3.63, 3.8) is 0 Å². The fourth-order valence-corrected chi connectivity index (χ4v) is 3.06. The molecule has 0 saturated heterocycles. The highest BCUT2D eigenvalue weighted by Gasteiger charge is 2.09. The van der Waals surface area contributed by atoms with Crippen molar-refractivity contribution in [2.24, 2.45) is 0 Å². The van der Waals surface area contributed by atoms with Crippen molar-refractivity contribution >= 4 is 23.1 Å². The van der Waals surface area contributed by atoms with Crippen molar-refractivity contribution in [3.05, 3.63) is 102 Å². The number of fused-ring (bicyclic) bond motifs is 1. The molecule has 4 rings (SSSR count). The van der Waals surface area contributed by atoms with E-state index in [2.05, 4.69) is 35.3 Å². The molecule has 0 aliphatic carbocycles. The van der Waals surface area contributed by atoms with Gasteiger partial charge in [-0.25, -0.2) is 4.98 Å². The first-order valence-corrected chi connectivity index (χ1v) is 9.21. The molecule has 0 bridgehead atoms. The Morgan fingerprint density at radius 1 is 0.786 bits per heavy atom. The van der Waals surface area contributed by atoms with E-state index in [0.29, 0.717) is 12.5 Å². The van der Waals surface area contributed by atoms with Crippen molar-refractivity contribution in [1.82, 2.24) is 4.98 Å². The van der Waals surface area contributed by atoms with E-state index < -0.39 is 0 Å². The molecule has 0 aliphatic heterocycles. The van der Waals surface area contributed by atoms with E-state index in [9.17, 15) is 0 Å². The molecule has 3 nitrogen and oxygen atoms in total. The van der Waals surface area contributed by atoms with Crippen molar-refractivity contribution < 1.29 is 9.47 Å². The quantitative estimate of drug-likeness (QED) is 0.392. The average molecular weight is 367 g/mol. The first-order chi connectivity index (χ1) is 13.8. The Hall–Kier alpha value is -3.59. The van der Waals surface area contributed by atoms with Crippen molar-refractivity contribution in [1.29, 1.82) is 0 Å². The summed E-state index contributed by atoms with van der Waals surface area (Å²) in [6.45, 7) is 0.494. The van der Waals surface area contributed by atoms with Crippen LogP contribution in [0.25, 0.3) is 23.1 Å². The lowest BCUT2D eigenvalue weighted by molar-refractivity contribution is 0.309. The van der Waals surface area contributed by atoms with Crippen LogP contribution in [0.1, 0.15) is 16.7 Å². The standard InChI is InChI=1S/C25H21NO2/c1-27-24-17-15-22-21(13-12-19-8-4-2-5-9-19)14-16-23(25(22)26-24)28-18-20-10-6-3-7-11-20/h2-17H,18H2,1H3/b13-12+. The van der Waals surface area contributed by atoms with E-state index in [1.807, 2.05) is 66.7 Å². The van der Waals surface area contributed by atoms with Crippen LogP contribution in [0.4, 0.5) is 0 Å². The van der Waals surface area contributed by atoms with Gasteiger partial charge in [0.15, 0.2) is 0 Å². The number of hydrogen-bond donors (Lipinski definition) is 0. The van der Waals surface area contributed by atoms with Gasteiger partial charge in [0, 0.05) is 11.5 Å². The second kappa shape index (κ2) is 8.40. The lowest BCUT2D eigenvalue weighted by atomic mass is 10.1. The van der Waals surface area contributed by atoms with Crippen LogP contribution in [0.3, 0.4) is 0 Å². The summed E-state index contributed by atoms with van der Waals surface area (Å²) >= 11 is 0. The summed E-state index contributed by atoms with van der Waals surface area (Å²) in [5, 5.41) is 1.03. The molecule has 1 aromatic heterocycles. The molecule has 0 spiro atoms. The molecule has 0 N–H and O–H groups in total. The largest absolute Gasteiger partial charge is 0.487 e. The smallest absolute Gasteiger partial charge is 0.213 e. The Bertz CT molecular complexity index is 1090. The normalized spacial score (nSPS) is 11.0. The van der Waals surface area contributed by atoms with Crippen molar-refractivity contribution in [3.8, 4) is 11.6 Å². The summed E-state index contributed by atoms with van der Waals surface area (Å²) < 4.78 is 11.4. The van der Waals surface area contributed by atoms with Gasteiger partial charge in [0.1, 0.15) is 17.9 Å². The molecule has 0 unspecified atom stereocenters. The van der Waals surface area contributed by atoms with E-state index in [0.717, 1.165) is 33.3 Å². The zero-order valence-corrected chi connectivity index (χ0v) is 15.7. The lowest BCUT2D eigenvalue weighted by Gasteiger charge is -2.12. The topological polar surface area (TPSA) is 31.4 Å². The first kappa shape index (κ1) is 17.8. The predicted octanol–water partition coefficient (Wildman–Crippen LogP) is 5.99. The van der Waals surface area contributed by atoms with E-state index in [1.54, 1.807) is 7.11 Å². The van der Waals surface area contributed by atoms with Gasteiger partial charge < -0.3 is 9.47 Å². The molecule has 4 aromatic rings. The van der Waals surface area contributed by atoms with Crippen molar-refractivity contribution in [2.75, 3.05) is 7.11 Å². The van der Waals surface area contributed by atoms with Gasteiger partial charge in [-0.2, -0.15) is 0 Å². The molecule has 0 amide bonds. The molecule has 0 fully saturated rings. The number of rotatable bonds is 6. The van der Waals surface area contributed by atoms with E-state index in [-0.39, 0.29) is 0 Å². The highest BCUT2D eigenvalue weighted by molar-refractivity contribution is 5.94. The van der Waals surface area contributed by atoms with Crippen LogP contribution < -0.4 is 9.47 Å². The van der Waals surface area contributed by atoms with Gasteiger partial charge in [-0.05, 0) is 28.8 Å².